The van der Waals surface area contributed by atoms with Crippen LogP contribution in [0.3, 0.4) is 0 Å². The van der Waals surface area contributed by atoms with Crippen LogP contribution in [0.2, 0.25) is 0 Å². The Morgan fingerprint density at radius 1 is 1.62 bits per heavy atom. The summed E-state index contributed by atoms with van der Waals surface area (Å²) >= 11 is 0. The summed E-state index contributed by atoms with van der Waals surface area (Å²) in [5, 5.41) is 9.00. The van der Waals surface area contributed by atoms with Gasteiger partial charge in [0.1, 0.15) is 0 Å². The Bertz CT molecular complexity index is 243. The lowest BCUT2D eigenvalue weighted by Gasteiger charge is -2.29. The Balaban J connectivity index is 2.78. The molecule has 0 saturated carbocycles. The molecule has 0 bridgehead atoms. The van der Waals surface area contributed by atoms with E-state index in [9.17, 15) is 4.79 Å². The first-order chi connectivity index (χ1) is 5.94. The van der Waals surface area contributed by atoms with Gasteiger partial charge in [0.15, 0.2) is 0 Å². The molecular weight excluding hydrogens is 166 g/mol. The molecular formula is C10H17NO2. The summed E-state index contributed by atoms with van der Waals surface area (Å²) in [6.45, 7) is 5.37. The van der Waals surface area contributed by atoms with Crippen LogP contribution in [0.15, 0.2) is 11.6 Å². The van der Waals surface area contributed by atoms with E-state index in [-0.39, 0.29) is 0 Å². The van der Waals surface area contributed by atoms with Gasteiger partial charge in [0.25, 0.3) is 0 Å². The molecule has 3 nitrogen and oxygen atoms in total. The van der Waals surface area contributed by atoms with Crippen LogP contribution in [0.4, 0.5) is 0 Å². The van der Waals surface area contributed by atoms with Crippen LogP contribution in [0.5, 0.6) is 0 Å². The number of hydrogen-bond donors (Lipinski definition) is 1. The van der Waals surface area contributed by atoms with E-state index in [1.54, 1.807) is 13.8 Å². The minimum atomic E-state index is -0.733. The molecule has 3 heteroatoms. The fourth-order valence-electron chi connectivity index (χ4n) is 1.48. The molecule has 1 rings (SSSR count). The molecule has 0 aliphatic carbocycles. The first-order valence-electron chi connectivity index (χ1n) is 4.56. The van der Waals surface area contributed by atoms with E-state index in [0.29, 0.717) is 0 Å². The highest BCUT2D eigenvalue weighted by molar-refractivity contribution is 5.77. The number of aliphatic carboxylic acids is 1. The summed E-state index contributed by atoms with van der Waals surface area (Å²) in [6, 6.07) is 0. The molecule has 0 atom stereocenters. The summed E-state index contributed by atoms with van der Waals surface area (Å²) in [4.78, 5) is 13.1. The zero-order valence-electron chi connectivity index (χ0n) is 8.50. The van der Waals surface area contributed by atoms with Crippen molar-refractivity contribution in [2.75, 3.05) is 20.1 Å². The van der Waals surface area contributed by atoms with Gasteiger partial charge in [-0.25, -0.2) is 0 Å². The van der Waals surface area contributed by atoms with Gasteiger partial charge in [0.05, 0.1) is 5.41 Å². The topological polar surface area (TPSA) is 40.5 Å². The molecule has 0 radical (unpaired) electrons. The van der Waals surface area contributed by atoms with Gasteiger partial charge in [-0.2, -0.15) is 0 Å². The van der Waals surface area contributed by atoms with E-state index in [1.807, 2.05) is 13.1 Å². The fourth-order valence-corrected chi connectivity index (χ4v) is 1.48. The Labute approximate surface area is 79.0 Å². The minimum Gasteiger partial charge on any atom is -0.481 e. The number of likely N-dealkylation sites (N-methyl/N-ethyl adjacent to an activating group) is 1. The normalized spacial score (nSPS) is 19.8. The number of carbonyl (C=O) groups is 1. The van der Waals surface area contributed by atoms with E-state index < -0.39 is 11.4 Å². The summed E-state index contributed by atoms with van der Waals surface area (Å²) in [6.07, 6.45) is 2.91. The Kier molecular flexibility index (Phi) is 2.76. The highest BCUT2D eigenvalue weighted by Crippen LogP contribution is 2.30. The Morgan fingerprint density at radius 3 is 2.62 bits per heavy atom. The maximum atomic E-state index is 10.9. The van der Waals surface area contributed by atoms with E-state index >= 15 is 0 Å². The summed E-state index contributed by atoms with van der Waals surface area (Å²) in [7, 11) is 2.04. The molecule has 0 saturated heterocycles. The Morgan fingerprint density at radius 2 is 2.23 bits per heavy atom. The maximum Gasteiger partial charge on any atom is 0.313 e. The third kappa shape index (κ3) is 2.10. The predicted molar refractivity (Wildman–Crippen MR) is 51.6 cm³/mol. The lowest BCUT2D eigenvalue weighted by Crippen LogP contribution is -2.33. The zero-order chi connectivity index (χ0) is 10.1. The van der Waals surface area contributed by atoms with Crippen molar-refractivity contribution in [1.82, 2.24) is 4.90 Å². The summed E-state index contributed by atoms with van der Waals surface area (Å²) in [5.41, 5.74) is 0.361. The molecule has 0 fully saturated rings. The molecule has 0 unspecified atom stereocenters. The standard InChI is InChI=1S/C10H17NO2/c1-10(2,9(12)13)8-4-6-11(3)7-5-8/h4H,5-7H2,1-3H3,(H,12,13). The quantitative estimate of drug-likeness (QED) is 0.657. The fraction of sp³-hybridized carbons (Fsp3) is 0.700. The van der Waals surface area contributed by atoms with Gasteiger partial charge in [-0.3, -0.25) is 4.79 Å². The molecule has 13 heavy (non-hydrogen) atoms. The van der Waals surface area contributed by atoms with E-state index in [4.69, 9.17) is 5.11 Å². The number of nitrogens with zero attached hydrogens (tertiary/aromatic N) is 1. The first-order valence-corrected chi connectivity index (χ1v) is 4.56. The highest BCUT2D eigenvalue weighted by atomic mass is 16.4. The van der Waals surface area contributed by atoms with Crippen LogP contribution in [0.25, 0.3) is 0 Å². The highest BCUT2D eigenvalue weighted by Gasteiger charge is 2.32. The first kappa shape index (κ1) is 10.3. The monoisotopic (exact) mass is 183 g/mol. The molecule has 1 aliphatic rings. The molecule has 0 spiro atoms. The van der Waals surface area contributed by atoms with Crippen molar-refractivity contribution in [3.8, 4) is 0 Å². The van der Waals surface area contributed by atoms with Gasteiger partial charge in [0.2, 0.25) is 0 Å². The van der Waals surface area contributed by atoms with Crippen LogP contribution >= 0.6 is 0 Å². The van der Waals surface area contributed by atoms with Crippen molar-refractivity contribution in [2.45, 2.75) is 20.3 Å². The molecule has 1 heterocycles. The largest absolute Gasteiger partial charge is 0.481 e. The van der Waals surface area contributed by atoms with Crippen LogP contribution < -0.4 is 0 Å². The van der Waals surface area contributed by atoms with Gasteiger partial charge in [-0.1, -0.05) is 11.6 Å². The third-order valence-electron chi connectivity index (χ3n) is 2.75. The number of carboxylic acids is 1. The second-order valence-electron chi connectivity index (χ2n) is 4.17. The predicted octanol–water partition coefficient (Wildman–Crippen LogP) is 1.36. The van der Waals surface area contributed by atoms with Crippen molar-refractivity contribution in [2.24, 2.45) is 5.41 Å². The van der Waals surface area contributed by atoms with Crippen molar-refractivity contribution < 1.29 is 9.90 Å². The van der Waals surface area contributed by atoms with E-state index in [2.05, 4.69) is 4.90 Å². The van der Waals surface area contributed by atoms with Gasteiger partial charge < -0.3 is 10.0 Å². The molecule has 0 aromatic heterocycles. The average molecular weight is 183 g/mol. The van der Waals surface area contributed by atoms with Gasteiger partial charge >= 0.3 is 5.97 Å². The zero-order valence-corrected chi connectivity index (χ0v) is 8.50. The number of carboxylic acid groups (broad SMARTS) is 1. The number of rotatable bonds is 2. The summed E-state index contributed by atoms with van der Waals surface area (Å²) < 4.78 is 0. The third-order valence-corrected chi connectivity index (χ3v) is 2.75. The summed E-state index contributed by atoms with van der Waals surface area (Å²) in [5.74, 6) is -0.733. The van der Waals surface area contributed by atoms with Crippen LogP contribution in [0.1, 0.15) is 20.3 Å². The number of hydrogen-bond acceptors (Lipinski definition) is 2. The molecule has 74 valence electrons. The molecule has 0 aromatic rings. The van der Waals surface area contributed by atoms with Gasteiger partial charge in [-0.05, 0) is 27.3 Å². The van der Waals surface area contributed by atoms with Crippen LogP contribution in [-0.2, 0) is 4.79 Å². The second-order valence-corrected chi connectivity index (χ2v) is 4.17. The van der Waals surface area contributed by atoms with Crippen molar-refractivity contribution >= 4 is 5.97 Å². The Hall–Kier alpha value is -0.830. The molecule has 0 aromatic carbocycles. The lowest BCUT2D eigenvalue weighted by atomic mass is 9.81. The molecule has 1 aliphatic heterocycles. The minimum absolute atomic E-state index is 0.693. The molecule has 1 N–H and O–H groups in total. The van der Waals surface area contributed by atoms with Crippen molar-refractivity contribution in [1.29, 1.82) is 0 Å². The van der Waals surface area contributed by atoms with E-state index in [1.165, 1.54) is 0 Å². The van der Waals surface area contributed by atoms with Crippen LogP contribution in [0, 0.1) is 5.41 Å². The maximum absolute atomic E-state index is 10.9. The van der Waals surface area contributed by atoms with Gasteiger partial charge in [0, 0.05) is 13.1 Å². The lowest BCUT2D eigenvalue weighted by molar-refractivity contribution is -0.145. The van der Waals surface area contributed by atoms with Crippen molar-refractivity contribution in [3.63, 3.8) is 0 Å². The second kappa shape index (κ2) is 3.50. The van der Waals surface area contributed by atoms with Gasteiger partial charge in [-0.15, -0.1) is 0 Å². The SMILES string of the molecule is CN1CC=C(C(C)(C)C(=O)O)CC1. The average Bonchev–Trinajstić information content (AvgIpc) is 2.04. The van der Waals surface area contributed by atoms with E-state index in [0.717, 1.165) is 25.1 Å². The van der Waals surface area contributed by atoms with Crippen molar-refractivity contribution in [3.05, 3.63) is 11.6 Å². The van der Waals surface area contributed by atoms with Crippen LogP contribution in [-0.4, -0.2) is 36.1 Å². The smallest absolute Gasteiger partial charge is 0.313 e. The molecule has 0 amide bonds.